The molecule has 0 aliphatic rings. The van der Waals surface area contributed by atoms with Gasteiger partial charge in [-0.15, -0.1) is 37.2 Å². The van der Waals surface area contributed by atoms with Crippen LogP contribution in [0.15, 0.2) is 24.3 Å². The van der Waals surface area contributed by atoms with Crippen LogP contribution in [0.25, 0.3) is 0 Å². The van der Waals surface area contributed by atoms with Crippen LogP contribution in [0.2, 0.25) is 0 Å². The van der Waals surface area contributed by atoms with Crippen LogP contribution in [0.4, 0.5) is 0 Å². The third kappa shape index (κ3) is 26.6. The zero-order valence-corrected chi connectivity index (χ0v) is 25.8. The topological polar surface area (TPSA) is 105 Å². The van der Waals surface area contributed by atoms with Gasteiger partial charge in [0.05, 0.1) is 0 Å². The molecule has 0 spiro atoms. The normalized spacial score (nSPS) is 10.6. The second-order valence-electron chi connectivity index (χ2n) is 8.69. The Morgan fingerprint density at radius 2 is 1.03 bits per heavy atom. The summed E-state index contributed by atoms with van der Waals surface area (Å²) in [7, 11) is 0. The average molecular weight is 589 g/mol. The average Bonchev–Trinajstić information content (AvgIpc) is 2.84. The molecule has 0 aromatic heterocycles. The van der Waals surface area contributed by atoms with Gasteiger partial charge in [0.25, 0.3) is 0 Å². The van der Waals surface area contributed by atoms with E-state index in [4.69, 9.17) is 11.5 Å². The molecule has 0 unspecified atom stereocenters. The molecule has 0 saturated heterocycles. The number of amides is 2. The van der Waals surface area contributed by atoms with E-state index in [0.29, 0.717) is 25.9 Å². The van der Waals surface area contributed by atoms with Crippen molar-refractivity contribution < 1.29 is 9.59 Å². The molecule has 0 heterocycles. The fraction of sp³-hybridized carbons (Fsp3) is 0.778. The first-order valence-electron chi connectivity index (χ1n) is 13.6. The first-order valence-corrected chi connectivity index (χ1v) is 13.6. The molecule has 222 valence electrons. The Balaban J connectivity index is -0.00000181. The highest BCUT2D eigenvalue weighted by atomic mass is 35.5. The van der Waals surface area contributed by atoms with Crippen molar-refractivity contribution in [2.24, 2.45) is 11.5 Å². The van der Waals surface area contributed by atoms with E-state index in [2.05, 4.69) is 43.5 Å². The van der Waals surface area contributed by atoms with Crippen LogP contribution in [0.1, 0.15) is 84.5 Å². The molecule has 5 N–H and O–H groups in total. The first kappa shape index (κ1) is 43.2. The SMILES string of the molecule is CC/C=C\CCC(=O)N(CCCN)CCCCNCCCN(CCCN)C(=O)CC/C=C\CC.Cl.Cl.Cl. The maximum absolute atomic E-state index is 12.5. The van der Waals surface area contributed by atoms with Gasteiger partial charge in [0.2, 0.25) is 11.8 Å². The Hall–Kier alpha value is -0.830. The smallest absolute Gasteiger partial charge is 0.222 e. The maximum Gasteiger partial charge on any atom is 0.222 e. The molecule has 0 atom stereocenters. The Kier molecular flexibility index (Phi) is 38.8. The third-order valence-electron chi connectivity index (χ3n) is 5.64. The standard InChI is InChI=1S/C27H53N5O2.3ClH/c1-3-5-7-9-16-26(33)31(23-13-18-28)22-12-11-20-30-21-15-25-32(24-14-19-29)27(34)17-10-8-6-4-2;;;/h5-8,30H,3-4,9-25,28-29H2,1-2H3;3*1H/b7-5-,8-6-;;;. The highest BCUT2D eigenvalue weighted by Gasteiger charge is 2.13. The van der Waals surface area contributed by atoms with Crippen molar-refractivity contribution in [3.05, 3.63) is 24.3 Å². The summed E-state index contributed by atoms with van der Waals surface area (Å²) >= 11 is 0. The van der Waals surface area contributed by atoms with Gasteiger partial charge >= 0.3 is 0 Å². The number of nitrogens with one attached hydrogen (secondary N) is 1. The molecule has 7 nitrogen and oxygen atoms in total. The number of allylic oxidation sites excluding steroid dienone is 4. The molecular formula is C27H56Cl3N5O2. The summed E-state index contributed by atoms with van der Waals surface area (Å²) in [6.07, 6.45) is 17.9. The summed E-state index contributed by atoms with van der Waals surface area (Å²) in [4.78, 5) is 28.9. The number of nitrogens with two attached hydrogens (primary N) is 2. The maximum atomic E-state index is 12.5. The largest absolute Gasteiger partial charge is 0.343 e. The Morgan fingerprint density at radius 3 is 1.46 bits per heavy atom. The van der Waals surface area contributed by atoms with E-state index in [1.165, 1.54) is 0 Å². The minimum absolute atomic E-state index is 0. The molecule has 37 heavy (non-hydrogen) atoms. The second kappa shape index (κ2) is 33.2. The molecule has 0 saturated carbocycles. The molecule has 0 rings (SSSR count). The quantitative estimate of drug-likeness (QED) is 0.117. The Morgan fingerprint density at radius 1 is 0.622 bits per heavy atom. The van der Waals surface area contributed by atoms with E-state index in [0.717, 1.165) is 97.1 Å². The minimum atomic E-state index is 0. The molecule has 0 radical (unpaired) electrons. The minimum Gasteiger partial charge on any atom is -0.343 e. The number of rotatable bonds is 23. The summed E-state index contributed by atoms with van der Waals surface area (Å²) in [6.45, 7) is 10.3. The van der Waals surface area contributed by atoms with Gasteiger partial charge in [0.1, 0.15) is 0 Å². The summed E-state index contributed by atoms with van der Waals surface area (Å²) < 4.78 is 0. The van der Waals surface area contributed by atoms with Crippen LogP contribution in [0.5, 0.6) is 0 Å². The van der Waals surface area contributed by atoms with Crippen LogP contribution >= 0.6 is 37.2 Å². The van der Waals surface area contributed by atoms with Crippen LogP contribution in [0.3, 0.4) is 0 Å². The van der Waals surface area contributed by atoms with Crippen molar-refractivity contribution in [1.29, 1.82) is 0 Å². The number of hydrogen-bond acceptors (Lipinski definition) is 5. The first-order chi connectivity index (χ1) is 16.6. The van der Waals surface area contributed by atoms with E-state index in [-0.39, 0.29) is 49.0 Å². The highest BCUT2D eigenvalue weighted by molar-refractivity contribution is 5.86. The van der Waals surface area contributed by atoms with Crippen LogP contribution < -0.4 is 16.8 Å². The summed E-state index contributed by atoms with van der Waals surface area (Å²) in [5.74, 6) is 0.455. The third-order valence-corrected chi connectivity index (χ3v) is 5.64. The lowest BCUT2D eigenvalue weighted by Gasteiger charge is -2.23. The van der Waals surface area contributed by atoms with Gasteiger partial charge in [0, 0.05) is 39.0 Å². The zero-order valence-electron chi connectivity index (χ0n) is 23.3. The summed E-state index contributed by atoms with van der Waals surface area (Å²) in [5, 5.41) is 3.48. The highest BCUT2D eigenvalue weighted by Crippen LogP contribution is 2.05. The van der Waals surface area contributed by atoms with Crippen molar-refractivity contribution in [3.63, 3.8) is 0 Å². The van der Waals surface area contributed by atoms with Crippen LogP contribution in [-0.2, 0) is 9.59 Å². The number of unbranched alkanes of at least 4 members (excludes halogenated alkanes) is 1. The van der Waals surface area contributed by atoms with Gasteiger partial charge in [0.15, 0.2) is 0 Å². The van der Waals surface area contributed by atoms with E-state index in [1.54, 1.807) is 0 Å². The molecule has 0 aromatic rings. The van der Waals surface area contributed by atoms with Gasteiger partial charge in [-0.1, -0.05) is 38.2 Å². The molecule has 0 bridgehead atoms. The predicted molar refractivity (Wildman–Crippen MR) is 166 cm³/mol. The van der Waals surface area contributed by atoms with Crippen LogP contribution in [0, 0.1) is 0 Å². The summed E-state index contributed by atoms with van der Waals surface area (Å²) in [5.41, 5.74) is 11.3. The Labute approximate surface area is 245 Å². The van der Waals surface area contributed by atoms with Gasteiger partial charge in [-0.3, -0.25) is 9.59 Å². The van der Waals surface area contributed by atoms with E-state index < -0.39 is 0 Å². The van der Waals surface area contributed by atoms with Crippen molar-refractivity contribution >= 4 is 49.0 Å². The monoisotopic (exact) mass is 587 g/mol. The van der Waals surface area contributed by atoms with Gasteiger partial charge in [-0.2, -0.15) is 0 Å². The number of hydrogen-bond donors (Lipinski definition) is 3. The second-order valence-corrected chi connectivity index (χ2v) is 8.69. The lowest BCUT2D eigenvalue weighted by atomic mass is 10.2. The predicted octanol–water partition coefficient (Wildman–Crippen LogP) is 4.86. The van der Waals surface area contributed by atoms with Crippen molar-refractivity contribution in [3.8, 4) is 0 Å². The number of halogens is 3. The number of nitrogens with zero attached hydrogens (tertiary/aromatic N) is 2. The lowest BCUT2D eigenvalue weighted by molar-refractivity contribution is -0.132. The lowest BCUT2D eigenvalue weighted by Crippen LogP contribution is -2.35. The van der Waals surface area contributed by atoms with Crippen molar-refractivity contribution in [1.82, 2.24) is 15.1 Å². The molecule has 10 heteroatoms. The molecule has 0 aliphatic carbocycles. The molecular weight excluding hydrogens is 533 g/mol. The van der Waals surface area contributed by atoms with E-state index >= 15 is 0 Å². The van der Waals surface area contributed by atoms with E-state index in [9.17, 15) is 9.59 Å². The zero-order chi connectivity index (χ0) is 25.3. The summed E-state index contributed by atoms with van der Waals surface area (Å²) in [6, 6.07) is 0. The Bertz CT molecular complexity index is 518. The molecule has 0 aromatic carbocycles. The van der Waals surface area contributed by atoms with Gasteiger partial charge < -0.3 is 26.6 Å². The number of carbonyl (C=O) groups is 2. The number of carbonyl (C=O) groups excluding carboxylic acids is 2. The fourth-order valence-electron chi connectivity index (χ4n) is 3.66. The van der Waals surface area contributed by atoms with Crippen molar-refractivity contribution in [2.75, 3.05) is 52.4 Å². The fourth-order valence-corrected chi connectivity index (χ4v) is 3.66. The molecule has 0 aliphatic heterocycles. The van der Waals surface area contributed by atoms with E-state index in [1.807, 2.05) is 9.80 Å². The molecule has 2 amide bonds. The van der Waals surface area contributed by atoms with Gasteiger partial charge in [-0.25, -0.2) is 0 Å². The van der Waals surface area contributed by atoms with Crippen LogP contribution in [-0.4, -0.2) is 74.0 Å². The van der Waals surface area contributed by atoms with Crippen molar-refractivity contribution in [2.45, 2.75) is 84.5 Å². The molecule has 0 fully saturated rings. The van der Waals surface area contributed by atoms with Gasteiger partial charge in [-0.05, 0) is 84.0 Å².